The SMILES string of the molecule is CCOC(=O)c1c[nH]c2ncnc(-c3cccc(NCC(F)(F)F)c3)c12. The number of esters is 1. The fourth-order valence-corrected chi connectivity index (χ4v) is 2.53. The quantitative estimate of drug-likeness (QED) is 0.674. The van der Waals surface area contributed by atoms with Gasteiger partial charge < -0.3 is 15.0 Å². The Morgan fingerprint density at radius 3 is 2.85 bits per heavy atom. The van der Waals surface area contributed by atoms with Crippen LogP contribution in [0.15, 0.2) is 36.8 Å². The second-order valence-corrected chi connectivity index (χ2v) is 5.42. The molecule has 0 spiro atoms. The van der Waals surface area contributed by atoms with E-state index >= 15 is 0 Å². The molecule has 0 aliphatic carbocycles. The zero-order valence-electron chi connectivity index (χ0n) is 13.7. The summed E-state index contributed by atoms with van der Waals surface area (Å²) < 4.78 is 42.3. The first-order chi connectivity index (χ1) is 12.4. The van der Waals surface area contributed by atoms with Crippen molar-refractivity contribution in [1.29, 1.82) is 0 Å². The molecule has 0 aliphatic heterocycles. The molecule has 0 unspecified atom stereocenters. The van der Waals surface area contributed by atoms with E-state index in [1.165, 1.54) is 24.7 Å². The fraction of sp³-hybridized carbons (Fsp3) is 0.235. The summed E-state index contributed by atoms with van der Waals surface area (Å²) >= 11 is 0. The number of nitrogens with zero attached hydrogens (tertiary/aromatic N) is 2. The first kappa shape index (κ1) is 17.7. The van der Waals surface area contributed by atoms with E-state index in [1.807, 2.05) is 0 Å². The van der Waals surface area contributed by atoms with Gasteiger partial charge in [0.25, 0.3) is 0 Å². The normalized spacial score (nSPS) is 11.5. The van der Waals surface area contributed by atoms with Crippen molar-refractivity contribution in [1.82, 2.24) is 15.0 Å². The van der Waals surface area contributed by atoms with Gasteiger partial charge in [-0.1, -0.05) is 12.1 Å². The van der Waals surface area contributed by atoms with Crippen LogP contribution in [-0.2, 0) is 4.74 Å². The third-order valence-electron chi connectivity index (χ3n) is 3.59. The van der Waals surface area contributed by atoms with Gasteiger partial charge >= 0.3 is 12.1 Å². The molecule has 0 saturated carbocycles. The van der Waals surface area contributed by atoms with E-state index in [4.69, 9.17) is 4.74 Å². The predicted molar refractivity (Wildman–Crippen MR) is 89.8 cm³/mol. The largest absolute Gasteiger partial charge is 0.462 e. The molecule has 0 saturated heterocycles. The molecule has 0 radical (unpaired) electrons. The minimum atomic E-state index is -4.32. The summed E-state index contributed by atoms with van der Waals surface area (Å²) in [6, 6.07) is 6.37. The zero-order valence-corrected chi connectivity index (χ0v) is 13.7. The standard InChI is InChI=1S/C17H15F3N4O2/c1-2-26-16(25)12-7-21-15-13(12)14(23-9-24-15)10-4-3-5-11(6-10)22-8-17(18,19)20/h3-7,9,22H,2,8H2,1H3,(H,21,23,24). The lowest BCUT2D eigenvalue weighted by molar-refractivity contribution is -0.115. The van der Waals surface area contributed by atoms with Crippen LogP contribution in [-0.4, -0.2) is 40.2 Å². The smallest absolute Gasteiger partial charge is 0.405 e. The first-order valence-corrected chi connectivity index (χ1v) is 7.79. The fourth-order valence-electron chi connectivity index (χ4n) is 2.53. The summed E-state index contributed by atoms with van der Waals surface area (Å²) in [6.45, 7) is 0.763. The Kier molecular flexibility index (Phi) is 4.79. The number of carbonyl (C=O) groups excluding carboxylic acids is 1. The number of halogens is 3. The number of ether oxygens (including phenoxy) is 1. The minimum absolute atomic E-state index is 0.214. The molecule has 1 aromatic carbocycles. The van der Waals surface area contributed by atoms with Gasteiger partial charge in [0, 0.05) is 17.4 Å². The summed E-state index contributed by atoms with van der Waals surface area (Å²) in [4.78, 5) is 23.3. The molecule has 2 N–H and O–H groups in total. The van der Waals surface area contributed by atoms with Gasteiger partial charge in [-0.2, -0.15) is 13.2 Å². The average molecular weight is 364 g/mol. The molecule has 0 atom stereocenters. The van der Waals surface area contributed by atoms with Crippen molar-refractivity contribution in [3.8, 4) is 11.3 Å². The van der Waals surface area contributed by atoms with E-state index in [-0.39, 0.29) is 12.2 Å². The number of aromatic nitrogens is 3. The van der Waals surface area contributed by atoms with Crippen molar-refractivity contribution in [3.63, 3.8) is 0 Å². The van der Waals surface area contributed by atoms with Crippen LogP contribution >= 0.6 is 0 Å². The summed E-state index contributed by atoms with van der Waals surface area (Å²) in [5.74, 6) is -0.527. The molecular weight excluding hydrogens is 349 g/mol. The van der Waals surface area contributed by atoms with Gasteiger partial charge in [-0.3, -0.25) is 0 Å². The molecule has 9 heteroatoms. The number of anilines is 1. The zero-order chi connectivity index (χ0) is 18.7. The topological polar surface area (TPSA) is 79.9 Å². The van der Waals surface area contributed by atoms with Crippen LogP contribution < -0.4 is 5.32 Å². The van der Waals surface area contributed by atoms with Gasteiger partial charge in [0.15, 0.2) is 0 Å². The van der Waals surface area contributed by atoms with E-state index in [1.54, 1.807) is 19.1 Å². The van der Waals surface area contributed by atoms with E-state index in [9.17, 15) is 18.0 Å². The number of rotatable bonds is 5. The monoisotopic (exact) mass is 364 g/mol. The Bertz CT molecular complexity index is 937. The summed E-state index contributed by atoms with van der Waals surface area (Å²) in [6.07, 6.45) is -1.53. The van der Waals surface area contributed by atoms with Crippen LogP contribution in [0.1, 0.15) is 17.3 Å². The van der Waals surface area contributed by atoms with Crippen LogP contribution in [0, 0.1) is 0 Å². The van der Waals surface area contributed by atoms with Crippen LogP contribution in [0.25, 0.3) is 22.3 Å². The third-order valence-corrected chi connectivity index (χ3v) is 3.59. The van der Waals surface area contributed by atoms with Crippen molar-refractivity contribution in [3.05, 3.63) is 42.4 Å². The molecule has 2 aromatic heterocycles. The number of alkyl halides is 3. The summed E-state index contributed by atoms with van der Waals surface area (Å²) in [5, 5.41) is 2.78. The number of hydrogen-bond donors (Lipinski definition) is 2. The van der Waals surface area contributed by atoms with Crippen molar-refractivity contribution in [2.24, 2.45) is 0 Å². The summed E-state index contributed by atoms with van der Waals surface area (Å²) in [7, 11) is 0. The van der Waals surface area contributed by atoms with Crippen molar-refractivity contribution in [2.75, 3.05) is 18.5 Å². The van der Waals surface area contributed by atoms with Gasteiger partial charge in [-0.05, 0) is 19.1 Å². The maximum atomic E-state index is 12.4. The minimum Gasteiger partial charge on any atom is -0.462 e. The first-order valence-electron chi connectivity index (χ1n) is 7.79. The number of hydrogen-bond acceptors (Lipinski definition) is 5. The Morgan fingerprint density at radius 2 is 2.12 bits per heavy atom. The molecule has 6 nitrogen and oxygen atoms in total. The number of carbonyl (C=O) groups is 1. The van der Waals surface area contributed by atoms with E-state index in [0.29, 0.717) is 28.0 Å². The van der Waals surface area contributed by atoms with E-state index in [0.717, 1.165) is 0 Å². The number of nitrogens with one attached hydrogen (secondary N) is 2. The van der Waals surface area contributed by atoms with Gasteiger partial charge in [-0.25, -0.2) is 14.8 Å². The molecule has 0 amide bonds. The Balaban J connectivity index is 2.03. The lowest BCUT2D eigenvalue weighted by Crippen LogP contribution is -2.21. The highest BCUT2D eigenvalue weighted by Crippen LogP contribution is 2.30. The van der Waals surface area contributed by atoms with E-state index < -0.39 is 18.7 Å². The Hall–Kier alpha value is -3.10. The van der Waals surface area contributed by atoms with Gasteiger partial charge in [0.2, 0.25) is 0 Å². The second-order valence-electron chi connectivity index (χ2n) is 5.42. The average Bonchev–Trinajstić information content (AvgIpc) is 3.04. The lowest BCUT2D eigenvalue weighted by atomic mass is 10.1. The number of aromatic amines is 1. The Labute approximate surface area is 146 Å². The van der Waals surface area contributed by atoms with Crippen LogP contribution in [0.4, 0.5) is 18.9 Å². The molecule has 3 aromatic rings. The van der Waals surface area contributed by atoms with Crippen molar-refractivity contribution < 1.29 is 22.7 Å². The second kappa shape index (κ2) is 7.03. The molecule has 2 heterocycles. The maximum absolute atomic E-state index is 12.4. The predicted octanol–water partition coefficient (Wildman–Crippen LogP) is 3.78. The molecule has 0 bridgehead atoms. The molecule has 0 aliphatic rings. The molecule has 136 valence electrons. The Morgan fingerprint density at radius 1 is 1.31 bits per heavy atom. The summed E-state index contributed by atoms with van der Waals surface area (Å²) in [5.41, 5.74) is 1.97. The van der Waals surface area contributed by atoms with Crippen molar-refractivity contribution in [2.45, 2.75) is 13.1 Å². The molecule has 0 fully saturated rings. The number of benzene rings is 1. The van der Waals surface area contributed by atoms with Gasteiger partial charge in [-0.15, -0.1) is 0 Å². The van der Waals surface area contributed by atoms with Gasteiger partial charge in [0.05, 0.1) is 23.3 Å². The van der Waals surface area contributed by atoms with Crippen LogP contribution in [0.5, 0.6) is 0 Å². The lowest BCUT2D eigenvalue weighted by Gasteiger charge is -2.11. The third kappa shape index (κ3) is 3.76. The van der Waals surface area contributed by atoms with Crippen LogP contribution in [0.3, 0.4) is 0 Å². The van der Waals surface area contributed by atoms with E-state index in [2.05, 4.69) is 20.3 Å². The highest BCUT2D eigenvalue weighted by molar-refractivity contribution is 6.08. The molecule has 3 rings (SSSR count). The number of H-pyrrole nitrogens is 1. The maximum Gasteiger partial charge on any atom is 0.405 e. The number of fused-ring (bicyclic) bond motifs is 1. The molecular formula is C17H15F3N4O2. The van der Waals surface area contributed by atoms with Crippen molar-refractivity contribution >= 4 is 22.7 Å². The van der Waals surface area contributed by atoms with Gasteiger partial charge in [0.1, 0.15) is 18.5 Å². The highest BCUT2D eigenvalue weighted by atomic mass is 19.4. The highest BCUT2D eigenvalue weighted by Gasteiger charge is 2.26. The van der Waals surface area contributed by atoms with Crippen LogP contribution in [0.2, 0.25) is 0 Å². The molecule has 26 heavy (non-hydrogen) atoms.